The number of β-lactam (4-membered cyclic amide) rings is 1. The van der Waals surface area contributed by atoms with Crippen molar-refractivity contribution < 1.29 is 4.79 Å². The lowest BCUT2D eigenvalue weighted by molar-refractivity contribution is -0.142. The lowest BCUT2D eigenvalue weighted by Gasteiger charge is -2.36. The third-order valence-corrected chi connectivity index (χ3v) is 1.75. The predicted octanol–water partition coefficient (Wildman–Crippen LogP) is -0.786. The Balaban J connectivity index is 2.50. The van der Waals surface area contributed by atoms with E-state index in [1.54, 1.807) is 11.0 Å². The van der Waals surface area contributed by atoms with Gasteiger partial charge in [-0.3, -0.25) is 10.2 Å². The minimum atomic E-state index is -0.330. The summed E-state index contributed by atoms with van der Waals surface area (Å²) in [5.74, 6) is -0.0896. The van der Waals surface area contributed by atoms with Crippen LogP contribution in [0.15, 0.2) is 12.7 Å². The van der Waals surface area contributed by atoms with E-state index in [1.165, 1.54) is 0 Å². The van der Waals surface area contributed by atoms with E-state index >= 15 is 0 Å². The number of hydrogen-bond acceptors (Lipinski definition) is 2. The first-order valence-corrected chi connectivity index (χ1v) is 3.67. The zero-order valence-corrected chi connectivity index (χ0v) is 6.71. The van der Waals surface area contributed by atoms with Crippen molar-refractivity contribution in [2.45, 2.75) is 12.6 Å². The van der Waals surface area contributed by atoms with Gasteiger partial charge in [-0.25, -0.2) is 0 Å². The van der Waals surface area contributed by atoms with Gasteiger partial charge >= 0.3 is 0 Å². The number of nitrogens with two attached hydrogens (primary N) is 1. The fourth-order valence-corrected chi connectivity index (χ4v) is 1.05. The molecule has 0 aromatic rings. The summed E-state index contributed by atoms with van der Waals surface area (Å²) in [5, 5.41) is 9.58. The Bertz CT molecular complexity index is 225. The van der Waals surface area contributed by atoms with E-state index in [-0.39, 0.29) is 18.0 Å². The molecule has 12 heavy (non-hydrogen) atoms. The first-order valence-electron chi connectivity index (χ1n) is 3.67. The summed E-state index contributed by atoms with van der Waals surface area (Å²) < 4.78 is 0. The third-order valence-electron chi connectivity index (χ3n) is 1.75. The Kier molecular flexibility index (Phi) is 2.32. The Morgan fingerprint density at radius 2 is 2.58 bits per heavy atom. The molecule has 0 bridgehead atoms. The highest BCUT2D eigenvalue weighted by Gasteiger charge is 2.29. The highest BCUT2D eigenvalue weighted by Crippen LogP contribution is 2.11. The molecule has 0 aromatic carbocycles. The van der Waals surface area contributed by atoms with Crippen LogP contribution in [0.3, 0.4) is 0 Å². The van der Waals surface area contributed by atoms with Crippen molar-refractivity contribution in [1.29, 1.82) is 5.41 Å². The average molecular weight is 168 g/mol. The highest BCUT2D eigenvalue weighted by atomic mass is 16.2. The first kappa shape index (κ1) is 8.58. The van der Waals surface area contributed by atoms with Gasteiger partial charge in [-0.1, -0.05) is 6.58 Å². The molecule has 1 heterocycles. The van der Waals surface area contributed by atoms with Crippen LogP contribution in [-0.4, -0.2) is 29.5 Å². The summed E-state index contributed by atoms with van der Waals surface area (Å²) in [6.45, 7) is 4.25. The van der Waals surface area contributed by atoms with Gasteiger partial charge in [-0.2, -0.15) is 0 Å². The van der Waals surface area contributed by atoms with Crippen LogP contribution < -0.4 is 11.1 Å². The monoisotopic (exact) mass is 168 g/mol. The van der Waals surface area contributed by atoms with Gasteiger partial charge in [0, 0.05) is 13.0 Å². The maximum Gasteiger partial charge on any atom is 0.226 e. The summed E-state index contributed by atoms with van der Waals surface area (Å²) in [4.78, 5) is 12.5. The molecule has 0 spiro atoms. The van der Waals surface area contributed by atoms with Crippen LogP contribution in [-0.2, 0) is 4.79 Å². The van der Waals surface area contributed by atoms with Crippen LogP contribution >= 0.6 is 0 Å². The topological polar surface area (TPSA) is 82.2 Å². The van der Waals surface area contributed by atoms with Crippen LogP contribution in [0.1, 0.15) is 6.42 Å². The van der Waals surface area contributed by atoms with Crippen LogP contribution in [0, 0.1) is 5.41 Å². The Labute approximate surface area is 70.7 Å². The van der Waals surface area contributed by atoms with Gasteiger partial charge in [0.25, 0.3) is 0 Å². The molecule has 66 valence electrons. The smallest absolute Gasteiger partial charge is 0.226 e. The summed E-state index contributed by atoms with van der Waals surface area (Å²) in [6.07, 6.45) is 1.80. The fourth-order valence-electron chi connectivity index (χ4n) is 1.05. The predicted molar refractivity (Wildman–Crippen MR) is 45.4 cm³/mol. The van der Waals surface area contributed by atoms with Crippen molar-refractivity contribution in [3.8, 4) is 0 Å². The molecule has 5 heteroatoms. The molecule has 5 nitrogen and oxygen atoms in total. The molecule has 1 atom stereocenters. The van der Waals surface area contributed by atoms with E-state index in [2.05, 4.69) is 11.9 Å². The van der Waals surface area contributed by atoms with Gasteiger partial charge in [0.1, 0.15) is 6.17 Å². The van der Waals surface area contributed by atoms with Crippen molar-refractivity contribution in [3.05, 3.63) is 12.7 Å². The molecule has 1 rings (SSSR count). The van der Waals surface area contributed by atoms with E-state index in [0.29, 0.717) is 13.0 Å². The van der Waals surface area contributed by atoms with Crippen molar-refractivity contribution in [2.24, 2.45) is 5.73 Å². The molecule has 0 saturated carbocycles. The molecule has 0 radical (unpaired) electrons. The van der Waals surface area contributed by atoms with Crippen molar-refractivity contribution in [2.75, 3.05) is 6.54 Å². The second-order valence-corrected chi connectivity index (χ2v) is 2.58. The largest absolute Gasteiger partial charge is 0.370 e. The highest BCUT2D eigenvalue weighted by molar-refractivity contribution is 5.83. The maximum absolute atomic E-state index is 10.9. The third kappa shape index (κ3) is 1.55. The van der Waals surface area contributed by atoms with Crippen LogP contribution in [0.2, 0.25) is 0 Å². The zero-order chi connectivity index (χ0) is 9.14. The maximum atomic E-state index is 10.9. The number of nitrogens with zero attached hydrogens (tertiary/aromatic N) is 1. The van der Waals surface area contributed by atoms with Crippen molar-refractivity contribution in [3.63, 3.8) is 0 Å². The molecule has 0 aliphatic carbocycles. The van der Waals surface area contributed by atoms with Crippen molar-refractivity contribution >= 4 is 11.9 Å². The molecule has 1 unspecified atom stereocenters. The molecule has 1 saturated heterocycles. The first-order chi connectivity index (χ1) is 5.65. The summed E-state index contributed by atoms with van der Waals surface area (Å²) in [7, 11) is 0. The lowest BCUT2D eigenvalue weighted by atomic mass is 10.2. The summed E-state index contributed by atoms with van der Waals surface area (Å²) >= 11 is 0. The lowest BCUT2D eigenvalue weighted by Crippen LogP contribution is -2.57. The van der Waals surface area contributed by atoms with E-state index in [0.717, 1.165) is 0 Å². The number of rotatable bonds is 3. The SMILES string of the molecule is C=CC(NC(=N)N)N1CCC1=O. The second kappa shape index (κ2) is 3.25. The number of carbonyl (C=O) groups is 1. The summed E-state index contributed by atoms with van der Waals surface area (Å²) in [6, 6.07) is 0. The average Bonchev–Trinajstić information content (AvgIpc) is 1.99. The minimum Gasteiger partial charge on any atom is -0.370 e. The van der Waals surface area contributed by atoms with Gasteiger partial charge in [0.2, 0.25) is 5.91 Å². The van der Waals surface area contributed by atoms with E-state index in [9.17, 15) is 4.79 Å². The molecular formula is C7H12N4O. The molecule has 1 aliphatic heterocycles. The Hall–Kier alpha value is -1.52. The number of carbonyl (C=O) groups excluding carboxylic acids is 1. The van der Waals surface area contributed by atoms with E-state index in [4.69, 9.17) is 11.1 Å². The van der Waals surface area contributed by atoms with Gasteiger partial charge in [-0.05, 0) is 6.08 Å². The van der Waals surface area contributed by atoms with Gasteiger partial charge in [-0.15, -0.1) is 0 Å². The number of amides is 1. The van der Waals surface area contributed by atoms with E-state index < -0.39 is 0 Å². The number of likely N-dealkylation sites (tertiary alicyclic amines) is 1. The normalized spacial score (nSPS) is 18.0. The molecular weight excluding hydrogens is 156 g/mol. The zero-order valence-electron chi connectivity index (χ0n) is 6.71. The van der Waals surface area contributed by atoms with E-state index in [1.807, 2.05) is 0 Å². The van der Waals surface area contributed by atoms with Gasteiger partial charge in [0.05, 0.1) is 0 Å². The number of nitrogens with one attached hydrogen (secondary N) is 2. The number of hydrogen-bond donors (Lipinski definition) is 3. The fraction of sp³-hybridized carbons (Fsp3) is 0.429. The van der Waals surface area contributed by atoms with Crippen LogP contribution in [0.25, 0.3) is 0 Å². The molecule has 1 aliphatic rings. The molecule has 1 amide bonds. The Morgan fingerprint density at radius 1 is 1.92 bits per heavy atom. The summed E-state index contributed by atoms with van der Waals surface area (Å²) in [5.41, 5.74) is 5.12. The Morgan fingerprint density at radius 3 is 2.83 bits per heavy atom. The quantitative estimate of drug-likeness (QED) is 0.223. The van der Waals surface area contributed by atoms with Crippen LogP contribution in [0.5, 0.6) is 0 Å². The number of guanidine groups is 1. The molecule has 0 aromatic heterocycles. The molecule has 4 N–H and O–H groups in total. The standard InChI is InChI=1S/C7H12N4O/c1-2-5(10-7(8)9)11-4-3-6(11)12/h2,5H,1,3-4H2,(H4,8,9,10). The van der Waals surface area contributed by atoms with Crippen LogP contribution in [0.4, 0.5) is 0 Å². The second-order valence-electron chi connectivity index (χ2n) is 2.58. The molecule has 1 fully saturated rings. The van der Waals surface area contributed by atoms with Gasteiger partial charge < -0.3 is 16.0 Å². The minimum absolute atomic E-state index is 0.0636. The van der Waals surface area contributed by atoms with Crippen molar-refractivity contribution in [1.82, 2.24) is 10.2 Å². The van der Waals surface area contributed by atoms with Gasteiger partial charge in [0.15, 0.2) is 5.96 Å².